The van der Waals surface area contributed by atoms with Gasteiger partial charge < -0.3 is 19.4 Å². The summed E-state index contributed by atoms with van der Waals surface area (Å²) in [6, 6.07) is 4.40. The Morgan fingerprint density at radius 1 is 0.794 bits per heavy atom. The molecule has 0 radical (unpaired) electrons. The SMILES string of the molecule is Cc1cc(Cc2cnc(OC(=O)/C=C/C(=O)Oc3ncc(Cc4cc(C)sc4C)[nH]3)[nH]2)c(C)s1. The van der Waals surface area contributed by atoms with E-state index >= 15 is 0 Å². The van der Waals surface area contributed by atoms with E-state index in [4.69, 9.17) is 9.47 Å². The lowest BCUT2D eigenvalue weighted by Crippen LogP contribution is -2.09. The van der Waals surface area contributed by atoms with Gasteiger partial charge in [0.05, 0.1) is 12.4 Å². The molecule has 4 aromatic heterocycles. The van der Waals surface area contributed by atoms with E-state index in [2.05, 4.69) is 59.8 Å². The lowest BCUT2D eigenvalue weighted by molar-refractivity contribution is -0.132. The Morgan fingerprint density at radius 3 is 1.56 bits per heavy atom. The lowest BCUT2D eigenvalue weighted by Gasteiger charge is -1.98. The summed E-state index contributed by atoms with van der Waals surface area (Å²) in [7, 11) is 0. The smallest absolute Gasteiger partial charge is 0.338 e. The number of hydrogen-bond acceptors (Lipinski definition) is 8. The molecule has 0 unspecified atom stereocenters. The zero-order valence-electron chi connectivity index (χ0n) is 19.2. The summed E-state index contributed by atoms with van der Waals surface area (Å²) < 4.78 is 10.3. The molecule has 0 atom stereocenters. The highest BCUT2D eigenvalue weighted by atomic mass is 32.1. The van der Waals surface area contributed by atoms with Gasteiger partial charge in [-0.3, -0.25) is 0 Å². The summed E-state index contributed by atoms with van der Waals surface area (Å²) in [6.07, 6.45) is 6.55. The van der Waals surface area contributed by atoms with Crippen molar-refractivity contribution in [1.82, 2.24) is 19.9 Å². The monoisotopic (exact) mass is 496 g/mol. The molecule has 4 rings (SSSR count). The highest BCUT2D eigenvalue weighted by Crippen LogP contribution is 2.24. The molecule has 0 fully saturated rings. The average molecular weight is 497 g/mol. The average Bonchev–Trinajstić information content (AvgIpc) is 3.52. The van der Waals surface area contributed by atoms with E-state index in [0.717, 1.165) is 23.5 Å². The van der Waals surface area contributed by atoms with Crippen LogP contribution in [0.2, 0.25) is 0 Å². The normalized spacial score (nSPS) is 11.3. The number of imidazole rings is 2. The van der Waals surface area contributed by atoms with Crippen LogP contribution in [0.5, 0.6) is 12.0 Å². The van der Waals surface area contributed by atoms with E-state index in [1.807, 2.05) is 0 Å². The maximum absolute atomic E-state index is 12.0. The molecule has 0 bridgehead atoms. The second-order valence-corrected chi connectivity index (χ2v) is 10.8. The van der Waals surface area contributed by atoms with E-state index in [1.165, 1.54) is 30.6 Å². The molecule has 176 valence electrons. The quantitative estimate of drug-likeness (QED) is 0.269. The van der Waals surface area contributed by atoms with E-state index in [1.54, 1.807) is 35.1 Å². The molecule has 4 aromatic rings. The molecule has 0 spiro atoms. The van der Waals surface area contributed by atoms with Gasteiger partial charge in [-0.05, 0) is 51.0 Å². The zero-order valence-corrected chi connectivity index (χ0v) is 20.9. The first-order chi connectivity index (χ1) is 16.2. The van der Waals surface area contributed by atoms with Crippen molar-refractivity contribution in [2.45, 2.75) is 40.5 Å². The minimum Gasteiger partial charge on any atom is -0.389 e. The maximum Gasteiger partial charge on any atom is 0.338 e. The van der Waals surface area contributed by atoms with Crippen LogP contribution in [0.15, 0.2) is 36.7 Å². The highest BCUT2D eigenvalue weighted by Gasteiger charge is 2.12. The molecule has 0 amide bonds. The van der Waals surface area contributed by atoms with Gasteiger partial charge in [0.15, 0.2) is 0 Å². The van der Waals surface area contributed by atoms with Gasteiger partial charge in [0.1, 0.15) is 0 Å². The van der Waals surface area contributed by atoms with Crippen molar-refractivity contribution in [3.8, 4) is 12.0 Å². The second-order valence-electron chi connectivity index (χ2n) is 7.83. The Morgan fingerprint density at radius 2 is 1.21 bits per heavy atom. The Kier molecular flexibility index (Phi) is 7.09. The summed E-state index contributed by atoms with van der Waals surface area (Å²) >= 11 is 3.48. The van der Waals surface area contributed by atoms with Crippen LogP contribution in [-0.4, -0.2) is 31.9 Å². The third kappa shape index (κ3) is 6.09. The summed E-state index contributed by atoms with van der Waals surface area (Å²) in [6.45, 7) is 8.28. The molecule has 0 saturated heterocycles. The third-order valence-electron chi connectivity index (χ3n) is 5.01. The fourth-order valence-electron chi connectivity index (χ4n) is 3.48. The summed E-state index contributed by atoms with van der Waals surface area (Å²) in [5.41, 5.74) is 4.06. The number of hydrogen-bond donors (Lipinski definition) is 2. The van der Waals surface area contributed by atoms with Crippen molar-refractivity contribution in [3.05, 3.63) is 78.7 Å². The summed E-state index contributed by atoms with van der Waals surface area (Å²) in [4.78, 5) is 43.1. The van der Waals surface area contributed by atoms with Crippen LogP contribution < -0.4 is 9.47 Å². The number of rotatable bonds is 8. The van der Waals surface area contributed by atoms with Crippen molar-refractivity contribution < 1.29 is 19.1 Å². The molecule has 8 nitrogen and oxygen atoms in total. The Hall–Kier alpha value is -3.50. The van der Waals surface area contributed by atoms with Crippen LogP contribution in [0.4, 0.5) is 0 Å². The van der Waals surface area contributed by atoms with Gasteiger partial charge in [-0.2, -0.15) is 0 Å². The fraction of sp³-hybridized carbons (Fsp3) is 0.250. The first kappa shape index (κ1) is 23.7. The molecule has 34 heavy (non-hydrogen) atoms. The second kappa shape index (κ2) is 10.2. The van der Waals surface area contributed by atoms with Gasteiger partial charge in [-0.15, -0.1) is 22.7 Å². The Bertz CT molecular complexity index is 1260. The molecule has 0 aromatic carbocycles. The predicted octanol–water partition coefficient (Wildman–Crippen LogP) is 4.74. The van der Waals surface area contributed by atoms with Crippen LogP contribution in [-0.2, 0) is 22.4 Å². The maximum atomic E-state index is 12.0. The first-order valence-corrected chi connectivity index (χ1v) is 12.2. The Labute approximate surface area is 204 Å². The van der Waals surface area contributed by atoms with Crippen molar-refractivity contribution in [2.75, 3.05) is 0 Å². The van der Waals surface area contributed by atoms with E-state index < -0.39 is 11.9 Å². The molecule has 0 aliphatic carbocycles. The molecule has 0 aliphatic heterocycles. The number of nitrogens with zero attached hydrogens (tertiary/aromatic N) is 2. The third-order valence-corrected chi connectivity index (χ3v) is 7.03. The number of aromatic amines is 2. The van der Waals surface area contributed by atoms with Crippen LogP contribution in [0, 0.1) is 27.7 Å². The van der Waals surface area contributed by atoms with Crippen molar-refractivity contribution in [2.24, 2.45) is 0 Å². The molecule has 2 N–H and O–H groups in total. The zero-order chi connectivity index (χ0) is 24.2. The van der Waals surface area contributed by atoms with Crippen LogP contribution in [0.1, 0.15) is 42.0 Å². The lowest BCUT2D eigenvalue weighted by atomic mass is 10.1. The number of aryl methyl sites for hydroxylation is 4. The minimum atomic E-state index is -0.746. The van der Waals surface area contributed by atoms with Gasteiger partial charge in [0.25, 0.3) is 0 Å². The molecular formula is C24H24N4O4S2. The van der Waals surface area contributed by atoms with E-state index in [9.17, 15) is 9.59 Å². The number of carbonyl (C=O) groups excluding carboxylic acids is 2. The highest BCUT2D eigenvalue weighted by molar-refractivity contribution is 7.12. The number of carbonyl (C=O) groups is 2. The van der Waals surface area contributed by atoms with Gasteiger partial charge >= 0.3 is 24.0 Å². The van der Waals surface area contributed by atoms with Crippen molar-refractivity contribution in [1.29, 1.82) is 0 Å². The van der Waals surface area contributed by atoms with E-state index in [0.29, 0.717) is 12.8 Å². The van der Waals surface area contributed by atoms with E-state index in [-0.39, 0.29) is 12.0 Å². The molecule has 4 heterocycles. The van der Waals surface area contributed by atoms with Crippen LogP contribution in [0.3, 0.4) is 0 Å². The largest absolute Gasteiger partial charge is 0.389 e. The fourth-order valence-corrected chi connectivity index (χ4v) is 5.38. The van der Waals surface area contributed by atoms with Gasteiger partial charge in [-0.1, -0.05) is 0 Å². The molecule has 0 aliphatic rings. The molecule has 0 saturated carbocycles. The topological polar surface area (TPSA) is 110 Å². The Balaban J connectivity index is 1.27. The summed E-state index contributed by atoms with van der Waals surface area (Å²) in [5, 5.41) is 0. The number of aromatic nitrogens is 4. The first-order valence-electron chi connectivity index (χ1n) is 10.6. The predicted molar refractivity (Wildman–Crippen MR) is 131 cm³/mol. The standard InChI is InChI=1S/C24H24N4O4S2/c1-13-7-17(15(3)33-13)9-19-11-25-23(27-19)31-21(29)5-6-22(30)32-24-26-12-20(28-24)10-18-8-14(2)34-16(18)4/h5-8,11-12H,9-10H2,1-4H3,(H,25,27)(H,26,28)/b6-5+. The molecular weight excluding hydrogens is 472 g/mol. The number of nitrogens with one attached hydrogen (secondary N) is 2. The number of H-pyrrole nitrogens is 2. The van der Waals surface area contributed by atoms with Crippen molar-refractivity contribution >= 4 is 34.6 Å². The van der Waals surface area contributed by atoms with Gasteiger partial charge in [-0.25, -0.2) is 19.6 Å². The van der Waals surface area contributed by atoms with Crippen molar-refractivity contribution in [3.63, 3.8) is 0 Å². The number of thiophene rings is 2. The minimum absolute atomic E-state index is 0.0669. The van der Waals surface area contributed by atoms with Gasteiger partial charge in [0, 0.05) is 55.9 Å². The van der Waals surface area contributed by atoms with Crippen LogP contribution >= 0.6 is 22.7 Å². The number of ether oxygens (including phenoxy) is 2. The number of esters is 2. The molecule has 10 heteroatoms. The van der Waals surface area contributed by atoms with Crippen LogP contribution in [0.25, 0.3) is 0 Å². The van der Waals surface area contributed by atoms with Gasteiger partial charge in [0.2, 0.25) is 0 Å². The summed E-state index contributed by atoms with van der Waals surface area (Å²) in [5.74, 6) is -1.49.